The van der Waals surface area contributed by atoms with E-state index in [1.807, 2.05) is 30.1 Å². The molecule has 0 spiro atoms. The minimum absolute atomic E-state index is 0.199. The summed E-state index contributed by atoms with van der Waals surface area (Å²) in [6, 6.07) is 11.1. The largest absolute Gasteiger partial charge is 0.478 e. The first-order valence-electron chi connectivity index (χ1n) is 6.50. The van der Waals surface area contributed by atoms with Gasteiger partial charge in [-0.25, -0.2) is 4.79 Å². The van der Waals surface area contributed by atoms with Crippen LogP contribution in [0.1, 0.15) is 33.0 Å². The van der Waals surface area contributed by atoms with E-state index in [1.54, 1.807) is 19.1 Å². The van der Waals surface area contributed by atoms with Gasteiger partial charge in [-0.3, -0.25) is 4.90 Å². The molecule has 5 nitrogen and oxygen atoms in total. The second kappa shape index (κ2) is 6.25. The highest BCUT2D eigenvalue weighted by molar-refractivity contribution is 5.88. The van der Waals surface area contributed by atoms with Crippen LogP contribution in [-0.2, 0) is 13.1 Å². The Morgan fingerprint density at radius 3 is 2.76 bits per heavy atom. The third kappa shape index (κ3) is 3.71. The predicted molar refractivity (Wildman–Crippen MR) is 76.7 cm³/mol. The fourth-order valence-electron chi connectivity index (χ4n) is 2.21. The van der Waals surface area contributed by atoms with Crippen molar-refractivity contribution in [3.05, 3.63) is 58.5 Å². The molecule has 0 aliphatic rings. The van der Waals surface area contributed by atoms with E-state index in [1.165, 1.54) is 0 Å². The highest BCUT2D eigenvalue weighted by atomic mass is 16.4. The van der Waals surface area contributed by atoms with Gasteiger partial charge in [-0.1, -0.05) is 12.1 Å². The molecule has 0 bridgehead atoms. The van der Waals surface area contributed by atoms with Crippen LogP contribution in [0.5, 0.6) is 0 Å². The second-order valence-electron chi connectivity index (χ2n) is 4.97. The van der Waals surface area contributed by atoms with Crippen LogP contribution in [0, 0.1) is 18.3 Å². The molecule has 1 aromatic heterocycles. The number of benzene rings is 1. The molecule has 108 valence electrons. The molecule has 1 aromatic carbocycles. The zero-order valence-corrected chi connectivity index (χ0v) is 12.0. The summed E-state index contributed by atoms with van der Waals surface area (Å²) in [5, 5.41) is 17.9. The molecular weight excluding hydrogens is 268 g/mol. The Bertz CT molecular complexity index is 698. The van der Waals surface area contributed by atoms with E-state index >= 15 is 0 Å². The minimum atomic E-state index is -0.980. The molecule has 0 fully saturated rings. The fraction of sp³-hybridized carbons (Fsp3) is 0.250. The van der Waals surface area contributed by atoms with Crippen LogP contribution in [0.4, 0.5) is 0 Å². The number of nitriles is 1. The molecule has 0 aliphatic carbocycles. The number of aryl methyl sites for hydroxylation is 1. The molecule has 2 aromatic rings. The zero-order chi connectivity index (χ0) is 15.4. The lowest BCUT2D eigenvalue weighted by Gasteiger charge is -2.15. The Morgan fingerprint density at radius 1 is 1.38 bits per heavy atom. The van der Waals surface area contributed by atoms with Gasteiger partial charge >= 0.3 is 5.97 Å². The molecule has 1 heterocycles. The van der Waals surface area contributed by atoms with Gasteiger partial charge in [0.25, 0.3) is 0 Å². The van der Waals surface area contributed by atoms with E-state index in [9.17, 15) is 4.79 Å². The average Bonchev–Trinajstić information content (AvgIpc) is 2.79. The number of carboxylic acids is 1. The first-order valence-corrected chi connectivity index (χ1v) is 6.50. The van der Waals surface area contributed by atoms with Gasteiger partial charge < -0.3 is 9.52 Å². The maximum atomic E-state index is 11.0. The molecule has 1 N–H and O–H groups in total. The van der Waals surface area contributed by atoms with Crippen LogP contribution in [-0.4, -0.2) is 23.0 Å². The summed E-state index contributed by atoms with van der Waals surface area (Å²) in [5.74, 6) is 0.0492. The van der Waals surface area contributed by atoms with Gasteiger partial charge in [0.1, 0.15) is 17.1 Å². The molecule has 5 heteroatoms. The van der Waals surface area contributed by atoms with Crippen molar-refractivity contribution in [2.45, 2.75) is 20.0 Å². The average molecular weight is 284 g/mol. The lowest BCUT2D eigenvalue weighted by Crippen LogP contribution is -2.16. The Morgan fingerprint density at radius 2 is 2.14 bits per heavy atom. The van der Waals surface area contributed by atoms with Crippen molar-refractivity contribution < 1.29 is 14.3 Å². The topological polar surface area (TPSA) is 77.5 Å². The van der Waals surface area contributed by atoms with E-state index in [-0.39, 0.29) is 5.56 Å². The van der Waals surface area contributed by atoms with Gasteiger partial charge in [0.15, 0.2) is 0 Å². The fourth-order valence-corrected chi connectivity index (χ4v) is 2.21. The maximum Gasteiger partial charge on any atom is 0.339 e. The summed E-state index contributed by atoms with van der Waals surface area (Å²) in [6.07, 6.45) is 0. The Kier molecular flexibility index (Phi) is 4.41. The van der Waals surface area contributed by atoms with Crippen LogP contribution >= 0.6 is 0 Å². The zero-order valence-electron chi connectivity index (χ0n) is 12.0. The molecule has 21 heavy (non-hydrogen) atoms. The monoisotopic (exact) mass is 284 g/mol. The SMILES string of the molecule is Cc1oc(CN(C)Cc2cccc(C#N)c2)cc1C(=O)O. The molecule has 0 saturated carbocycles. The molecule has 0 unspecified atom stereocenters. The van der Waals surface area contributed by atoms with Crippen LogP contribution in [0.3, 0.4) is 0 Å². The van der Waals surface area contributed by atoms with Crippen molar-refractivity contribution in [1.82, 2.24) is 4.90 Å². The number of carbonyl (C=O) groups is 1. The first kappa shape index (κ1) is 14.8. The summed E-state index contributed by atoms with van der Waals surface area (Å²) < 4.78 is 5.45. The van der Waals surface area contributed by atoms with E-state index in [0.29, 0.717) is 30.2 Å². The van der Waals surface area contributed by atoms with Crippen molar-refractivity contribution in [3.63, 3.8) is 0 Å². The predicted octanol–water partition coefficient (Wildman–Crippen LogP) is 2.79. The highest BCUT2D eigenvalue weighted by Gasteiger charge is 2.14. The number of furan rings is 1. The van der Waals surface area contributed by atoms with Crippen LogP contribution in [0.2, 0.25) is 0 Å². The maximum absolute atomic E-state index is 11.0. The molecular formula is C16H16N2O3. The smallest absolute Gasteiger partial charge is 0.339 e. The summed E-state index contributed by atoms with van der Waals surface area (Å²) in [4.78, 5) is 13.0. The Labute approximate surface area is 123 Å². The Hall–Kier alpha value is -2.58. The number of nitrogens with zero attached hydrogens (tertiary/aromatic N) is 2. The summed E-state index contributed by atoms with van der Waals surface area (Å²) >= 11 is 0. The van der Waals surface area contributed by atoms with Crippen molar-refractivity contribution in [1.29, 1.82) is 5.26 Å². The number of rotatable bonds is 5. The van der Waals surface area contributed by atoms with Crippen LogP contribution < -0.4 is 0 Å². The Balaban J connectivity index is 2.04. The van der Waals surface area contributed by atoms with E-state index < -0.39 is 5.97 Å². The number of hydrogen-bond donors (Lipinski definition) is 1. The standard InChI is InChI=1S/C16H16N2O3/c1-11-15(16(19)20)7-14(21-11)10-18(2)9-13-5-3-4-12(6-13)8-17/h3-7H,9-10H2,1-2H3,(H,19,20). The third-order valence-electron chi connectivity index (χ3n) is 3.13. The number of hydrogen-bond acceptors (Lipinski definition) is 4. The first-order chi connectivity index (χ1) is 9.99. The third-order valence-corrected chi connectivity index (χ3v) is 3.13. The molecule has 0 radical (unpaired) electrons. The van der Waals surface area contributed by atoms with Gasteiger partial charge in [0.2, 0.25) is 0 Å². The molecule has 0 aliphatic heterocycles. The minimum Gasteiger partial charge on any atom is -0.478 e. The lowest BCUT2D eigenvalue weighted by molar-refractivity contribution is 0.0695. The summed E-state index contributed by atoms with van der Waals surface area (Å²) in [5.41, 5.74) is 1.85. The molecule has 0 atom stereocenters. The van der Waals surface area contributed by atoms with E-state index in [2.05, 4.69) is 6.07 Å². The van der Waals surface area contributed by atoms with Gasteiger partial charge in [0.05, 0.1) is 18.2 Å². The van der Waals surface area contributed by atoms with E-state index in [4.69, 9.17) is 14.8 Å². The normalized spacial score (nSPS) is 10.6. The summed E-state index contributed by atoms with van der Waals surface area (Å²) in [6.45, 7) is 2.80. The van der Waals surface area contributed by atoms with Gasteiger partial charge in [0, 0.05) is 6.54 Å². The summed E-state index contributed by atoms with van der Waals surface area (Å²) in [7, 11) is 1.91. The molecule has 2 rings (SSSR count). The highest BCUT2D eigenvalue weighted by Crippen LogP contribution is 2.17. The van der Waals surface area contributed by atoms with Gasteiger partial charge in [-0.2, -0.15) is 5.26 Å². The molecule has 0 saturated heterocycles. The van der Waals surface area contributed by atoms with Crippen LogP contribution in [0.25, 0.3) is 0 Å². The van der Waals surface area contributed by atoms with Crippen molar-refractivity contribution in [2.24, 2.45) is 0 Å². The number of carboxylic acid groups (broad SMARTS) is 1. The van der Waals surface area contributed by atoms with E-state index in [0.717, 1.165) is 5.56 Å². The number of aromatic carboxylic acids is 1. The lowest BCUT2D eigenvalue weighted by atomic mass is 10.1. The van der Waals surface area contributed by atoms with Crippen molar-refractivity contribution in [2.75, 3.05) is 7.05 Å². The van der Waals surface area contributed by atoms with Crippen LogP contribution in [0.15, 0.2) is 34.7 Å². The van der Waals surface area contributed by atoms with Crippen molar-refractivity contribution in [3.8, 4) is 6.07 Å². The molecule has 0 amide bonds. The van der Waals surface area contributed by atoms with Gasteiger partial charge in [-0.15, -0.1) is 0 Å². The van der Waals surface area contributed by atoms with Gasteiger partial charge in [-0.05, 0) is 37.7 Å². The van der Waals surface area contributed by atoms with Crippen molar-refractivity contribution >= 4 is 5.97 Å². The second-order valence-corrected chi connectivity index (χ2v) is 4.97. The quantitative estimate of drug-likeness (QED) is 0.913.